The molecule has 1 aliphatic heterocycles. The molecule has 2 rings (SSSR count). The molecule has 2 N–H and O–H groups in total. The minimum Gasteiger partial charge on any atom is -0.357 e. The van der Waals surface area contributed by atoms with Crippen LogP contribution in [0, 0.1) is 5.82 Å². The van der Waals surface area contributed by atoms with Gasteiger partial charge in [0.15, 0.2) is 5.96 Å². The standard InChI is InChI=1S/C18H27FN4O/c1-3-20-18(22-16-9-10-17(24)23(2)13-16)21-11-5-7-14-6-4-8-15(19)12-14/h4,6,8,12,16H,3,5,7,9-11,13H2,1-2H3,(H2,20,21,22). The summed E-state index contributed by atoms with van der Waals surface area (Å²) in [4.78, 5) is 17.9. The van der Waals surface area contributed by atoms with E-state index in [4.69, 9.17) is 0 Å². The van der Waals surface area contributed by atoms with Crippen LogP contribution in [0.2, 0.25) is 0 Å². The van der Waals surface area contributed by atoms with Gasteiger partial charge in [0.2, 0.25) is 5.91 Å². The molecule has 1 heterocycles. The Bertz CT molecular complexity index is 576. The van der Waals surface area contributed by atoms with E-state index in [2.05, 4.69) is 15.6 Å². The number of likely N-dealkylation sites (tertiary alicyclic amines) is 1. The Morgan fingerprint density at radius 2 is 2.29 bits per heavy atom. The molecular weight excluding hydrogens is 307 g/mol. The van der Waals surface area contributed by atoms with Gasteiger partial charge in [0.05, 0.1) is 0 Å². The van der Waals surface area contributed by atoms with Gasteiger partial charge in [-0.1, -0.05) is 12.1 Å². The van der Waals surface area contributed by atoms with Gasteiger partial charge in [-0.3, -0.25) is 9.79 Å². The lowest BCUT2D eigenvalue weighted by Crippen LogP contribution is -2.51. The number of guanidine groups is 1. The molecule has 6 heteroatoms. The minimum atomic E-state index is -0.193. The van der Waals surface area contributed by atoms with E-state index in [0.29, 0.717) is 19.5 Å². The summed E-state index contributed by atoms with van der Waals surface area (Å²) in [6.45, 7) is 4.19. The molecule has 1 aromatic carbocycles. The zero-order valence-corrected chi connectivity index (χ0v) is 14.5. The molecule has 1 unspecified atom stereocenters. The maximum absolute atomic E-state index is 13.1. The SMILES string of the molecule is CCNC(=NCCCc1cccc(F)c1)NC1CCC(=O)N(C)C1. The fourth-order valence-electron chi connectivity index (χ4n) is 2.81. The molecule has 1 amide bonds. The topological polar surface area (TPSA) is 56.7 Å². The maximum Gasteiger partial charge on any atom is 0.222 e. The molecule has 132 valence electrons. The largest absolute Gasteiger partial charge is 0.357 e. The third kappa shape index (κ3) is 5.83. The highest BCUT2D eigenvalue weighted by Gasteiger charge is 2.23. The molecule has 0 radical (unpaired) electrons. The average molecular weight is 334 g/mol. The van der Waals surface area contributed by atoms with Gasteiger partial charge >= 0.3 is 0 Å². The number of likely N-dealkylation sites (N-methyl/N-ethyl adjacent to an activating group) is 1. The van der Waals surface area contributed by atoms with Gasteiger partial charge in [0, 0.05) is 39.1 Å². The normalized spacial score (nSPS) is 18.6. The average Bonchev–Trinajstić information content (AvgIpc) is 2.55. The maximum atomic E-state index is 13.1. The van der Waals surface area contributed by atoms with Gasteiger partial charge in [0.1, 0.15) is 5.82 Å². The van der Waals surface area contributed by atoms with E-state index in [1.165, 1.54) is 6.07 Å². The van der Waals surface area contributed by atoms with Crippen molar-refractivity contribution in [2.45, 2.75) is 38.6 Å². The van der Waals surface area contributed by atoms with Gasteiger partial charge in [-0.05, 0) is 43.9 Å². The fraction of sp³-hybridized carbons (Fsp3) is 0.556. The van der Waals surface area contributed by atoms with Crippen molar-refractivity contribution in [1.29, 1.82) is 0 Å². The fourth-order valence-corrected chi connectivity index (χ4v) is 2.81. The van der Waals surface area contributed by atoms with Crippen LogP contribution in [0.5, 0.6) is 0 Å². The molecule has 0 aromatic heterocycles. The number of halogens is 1. The zero-order chi connectivity index (χ0) is 17.4. The smallest absolute Gasteiger partial charge is 0.222 e. The van der Waals surface area contributed by atoms with Gasteiger partial charge in [0.25, 0.3) is 0 Å². The molecule has 5 nitrogen and oxygen atoms in total. The Balaban J connectivity index is 1.80. The quantitative estimate of drug-likeness (QED) is 0.475. The number of rotatable bonds is 6. The number of aryl methyl sites for hydroxylation is 1. The van der Waals surface area contributed by atoms with Gasteiger partial charge < -0.3 is 15.5 Å². The van der Waals surface area contributed by atoms with E-state index in [0.717, 1.165) is 37.3 Å². The van der Waals surface area contributed by atoms with Crippen molar-refractivity contribution in [1.82, 2.24) is 15.5 Å². The van der Waals surface area contributed by atoms with Crippen molar-refractivity contribution in [3.63, 3.8) is 0 Å². The lowest BCUT2D eigenvalue weighted by molar-refractivity contribution is -0.132. The Morgan fingerprint density at radius 1 is 1.46 bits per heavy atom. The first-order valence-corrected chi connectivity index (χ1v) is 8.61. The molecule has 1 atom stereocenters. The van der Waals surface area contributed by atoms with Crippen molar-refractivity contribution >= 4 is 11.9 Å². The first kappa shape index (κ1) is 18.2. The summed E-state index contributed by atoms with van der Waals surface area (Å²) in [7, 11) is 1.83. The number of hydrogen-bond donors (Lipinski definition) is 2. The van der Waals surface area contributed by atoms with Crippen LogP contribution in [0.3, 0.4) is 0 Å². The Kier molecular flexibility index (Phi) is 7.03. The highest BCUT2D eigenvalue weighted by molar-refractivity contribution is 5.81. The molecule has 0 aliphatic carbocycles. The number of amides is 1. The lowest BCUT2D eigenvalue weighted by Gasteiger charge is -2.31. The van der Waals surface area contributed by atoms with E-state index < -0.39 is 0 Å². The molecular formula is C18H27FN4O. The summed E-state index contributed by atoms with van der Waals surface area (Å²) in [5, 5.41) is 6.64. The van der Waals surface area contributed by atoms with Crippen molar-refractivity contribution in [3.05, 3.63) is 35.6 Å². The molecule has 24 heavy (non-hydrogen) atoms. The molecule has 1 saturated heterocycles. The van der Waals surface area contributed by atoms with Gasteiger partial charge in [-0.15, -0.1) is 0 Å². The van der Waals surface area contributed by atoms with E-state index >= 15 is 0 Å². The van der Waals surface area contributed by atoms with Crippen LogP contribution < -0.4 is 10.6 Å². The van der Waals surface area contributed by atoms with Crippen molar-refractivity contribution in [3.8, 4) is 0 Å². The summed E-state index contributed by atoms with van der Waals surface area (Å²) >= 11 is 0. The molecule has 0 spiro atoms. The second-order valence-corrected chi connectivity index (χ2v) is 6.15. The number of aliphatic imine (C=N–C) groups is 1. The second-order valence-electron chi connectivity index (χ2n) is 6.15. The van der Waals surface area contributed by atoms with Crippen molar-refractivity contribution in [2.24, 2.45) is 4.99 Å². The zero-order valence-electron chi connectivity index (χ0n) is 14.5. The minimum absolute atomic E-state index is 0.193. The first-order valence-electron chi connectivity index (χ1n) is 8.61. The first-order chi connectivity index (χ1) is 11.6. The Hall–Kier alpha value is -2.11. The number of piperidine rings is 1. The number of nitrogens with one attached hydrogen (secondary N) is 2. The van der Waals surface area contributed by atoms with Crippen LogP contribution in [0.1, 0.15) is 31.7 Å². The molecule has 1 fully saturated rings. The van der Waals surface area contributed by atoms with Crippen LogP contribution in [0.25, 0.3) is 0 Å². The van der Waals surface area contributed by atoms with E-state index in [1.54, 1.807) is 17.0 Å². The van der Waals surface area contributed by atoms with Crippen LogP contribution in [0.15, 0.2) is 29.3 Å². The van der Waals surface area contributed by atoms with Crippen LogP contribution >= 0.6 is 0 Å². The predicted molar refractivity (Wildman–Crippen MR) is 94.5 cm³/mol. The van der Waals surface area contributed by atoms with Crippen LogP contribution in [0.4, 0.5) is 4.39 Å². The third-order valence-electron chi connectivity index (χ3n) is 4.09. The van der Waals surface area contributed by atoms with Crippen LogP contribution in [-0.4, -0.2) is 49.5 Å². The summed E-state index contributed by atoms with van der Waals surface area (Å²) in [5.41, 5.74) is 0.996. The Labute approximate surface area is 143 Å². The summed E-state index contributed by atoms with van der Waals surface area (Å²) in [5.74, 6) is 0.788. The highest BCUT2D eigenvalue weighted by atomic mass is 19.1. The third-order valence-corrected chi connectivity index (χ3v) is 4.09. The summed E-state index contributed by atoms with van der Waals surface area (Å²) in [6, 6.07) is 6.93. The van der Waals surface area contributed by atoms with Crippen molar-refractivity contribution < 1.29 is 9.18 Å². The Morgan fingerprint density at radius 3 is 3.00 bits per heavy atom. The number of hydrogen-bond acceptors (Lipinski definition) is 2. The molecule has 0 saturated carbocycles. The van der Waals surface area contributed by atoms with E-state index in [9.17, 15) is 9.18 Å². The monoisotopic (exact) mass is 334 g/mol. The van der Waals surface area contributed by atoms with E-state index in [-0.39, 0.29) is 17.8 Å². The predicted octanol–water partition coefficient (Wildman–Crippen LogP) is 1.93. The number of carbonyl (C=O) groups excluding carboxylic acids is 1. The summed E-state index contributed by atoms with van der Waals surface area (Å²) < 4.78 is 13.1. The highest BCUT2D eigenvalue weighted by Crippen LogP contribution is 2.09. The molecule has 1 aromatic rings. The molecule has 0 bridgehead atoms. The number of nitrogens with zero attached hydrogens (tertiary/aromatic N) is 2. The van der Waals surface area contributed by atoms with Crippen LogP contribution in [-0.2, 0) is 11.2 Å². The van der Waals surface area contributed by atoms with E-state index in [1.807, 2.05) is 20.0 Å². The summed E-state index contributed by atoms with van der Waals surface area (Å²) in [6.07, 6.45) is 3.08. The molecule has 1 aliphatic rings. The lowest BCUT2D eigenvalue weighted by atomic mass is 10.1. The number of benzene rings is 1. The number of carbonyl (C=O) groups is 1. The van der Waals surface area contributed by atoms with Gasteiger partial charge in [-0.25, -0.2) is 4.39 Å². The van der Waals surface area contributed by atoms with Crippen molar-refractivity contribution in [2.75, 3.05) is 26.7 Å². The second kappa shape index (κ2) is 9.25. The van der Waals surface area contributed by atoms with Gasteiger partial charge in [-0.2, -0.15) is 0 Å².